The number of anilines is 1. The number of benzene rings is 2. The minimum Gasteiger partial charge on any atom is -0.379 e. The van der Waals surface area contributed by atoms with Gasteiger partial charge in [0.2, 0.25) is 5.91 Å². The zero-order valence-corrected chi connectivity index (χ0v) is 15.5. The fraction of sp³-hybridized carbons (Fsp3) is 0.316. The van der Waals surface area contributed by atoms with Crippen LogP contribution in [0.25, 0.3) is 0 Å². The Balaban J connectivity index is 2.24. The molecule has 2 aromatic carbocycles. The molecule has 0 aliphatic heterocycles. The van der Waals surface area contributed by atoms with Crippen LogP contribution in [0.3, 0.4) is 0 Å². The molecule has 0 saturated heterocycles. The molecule has 0 aliphatic rings. The third kappa shape index (κ3) is 4.82. The fourth-order valence-corrected chi connectivity index (χ4v) is 3.26. The lowest BCUT2D eigenvalue weighted by molar-refractivity contribution is -0.115. The molecule has 0 fully saturated rings. The summed E-state index contributed by atoms with van der Waals surface area (Å²) in [5, 5.41) is 2.68. The first-order chi connectivity index (χ1) is 11.9. The second-order valence-electron chi connectivity index (χ2n) is 5.81. The van der Waals surface area contributed by atoms with Crippen molar-refractivity contribution in [1.29, 1.82) is 0 Å². The van der Waals surface area contributed by atoms with E-state index in [1.165, 1.54) is 12.1 Å². The van der Waals surface area contributed by atoms with Gasteiger partial charge < -0.3 is 9.50 Å². The highest BCUT2D eigenvalue weighted by Gasteiger charge is 2.20. The summed E-state index contributed by atoms with van der Waals surface area (Å²) in [4.78, 5) is 11.4. The molecule has 0 radical (unpaired) electrons. The highest BCUT2D eigenvalue weighted by Crippen LogP contribution is 2.30. The lowest BCUT2D eigenvalue weighted by Gasteiger charge is -2.15. The Hall–Kier alpha value is -2.34. The predicted octanol–water partition coefficient (Wildman–Crippen LogP) is 4.32. The lowest BCUT2D eigenvalue weighted by Crippen LogP contribution is -2.12. The van der Waals surface area contributed by atoms with Crippen molar-refractivity contribution in [3.63, 3.8) is 0 Å². The summed E-state index contributed by atoms with van der Waals surface area (Å²) in [7, 11) is -3.94. The van der Waals surface area contributed by atoms with Crippen molar-refractivity contribution >= 4 is 21.7 Å². The van der Waals surface area contributed by atoms with E-state index < -0.39 is 10.1 Å². The molecule has 0 heterocycles. The number of rotatable bonds is 7. The van der Waals surface area contributed by atoms with Crippen LogP contribution in [-0.2, 0) is 14.9 Å². The second-order valence-corrected chi connectivity index (χ2v) is 7.36. The maximum Gasteiger partial charge on any atom is 0.339 e. The average Bonchev–Trinajstić information content (AvgIpc) is 2.61. The summed E-state index contributed by atoms with van der Waals surface area (Å²) in [6, 6.07) is 13.1. The van der Waals surface area contributed by atoms with Gasteiger partial charge in [0.1, 0.15) is 10.6 Å². The average molecular weight is 361 g/mol. The van der Waals surface area contributed by atoms with Gasteiger partial charge in [0.25, 0.3) is 0 Å². The van der Waals surface area contributed by atoms with Crippen molar-refractivity contribution < 1.29 is 17.4 Å². The van der Waals surface area contributed by atoms with Crippen LogP contribution in [0.1, 0.15) is 45.1 Å². The summed E-state index contributed by atoms with van der Waals surface area (Å²) in [5.41, 5.74) is 1.41. The zero-order valence-electron chi connectivity index (χ0n) is 14.7. The largest absolute Gasteiger partial charge is 0.379 e. The highest BCUT2D eigenvalue weighted by atomic mass is 32.2. The quantitative estimate of drug-likeness (QED) is 0.746. The molecule has 5 nitrogen and oxygen atoms in total. The van der Waals surface area contributed by atoms with Gasteiger partial charge in [0.15, 0.2) is 0 Å². The molecule has 1 amide bonds. The molecule has 134 valence electrons. The van der Waals surface area contributed by atoms with Gasteiger partial charge in [0.05, 0.1) is 0 Å². The Labute approximate surface area is 149 Å². The van der Waals surface area contributed by atoms with Crippen molar-refractivity contribution in [1.82, 2.24) is 0 Å². The van der Waals surface area contributed by atoms with Crippen LogP contribution >= 0.6 is 0 Å². The van der Waals surface area contributed by atoms with Gasteiger partial charge in [0, 0.05) is 12.1 Å². The van der Waals surface area contributed by atoms with E-state index in [2.05, 4.69) is 5.32 Å². The molecule has 1 unspecified atom stereocenters. The van der Waals surface area contributed by atoms with Gasteiger partial charge in [-0.15, -0.1) is 0 Å². The summed E-state index contributed by atoms with van der Waals surface area (Å²) in [5.74, 6) is 0.410. The fourth-order valence-electron chi connectivity index (χ4n) is 2.30. The van der Waals surface area contributed by atoms with E-state index in [1.54, 1.807) is 31.2 Å². The van der Waals surface area contributed by atoms with E-state index in [0.717, 1.165) is 12.0 Å². The number of carbonyl (C=O) groups is 1. The number of hydrogen-bond acceptors (Lipinski definition) is 4. The summed E-state index contributed by atoms with van der Waals surface area (Å²) < 4.78 is 30.5. The standard InChI is InChI=1S/C19H23NO4S/c1-4-14(3)17-8-6-7-9-18(17)24-25(22,23)16-12-10-15(11-13-16)20-19(21)5-2/h6-14H,4-5H2,1-3H3,(H,20,21). The van der Waals surface area contributed by atoms with Gasteiger partial charge in [-0.25, -0.2) is 0 Å². The van der Waals surface area contributed by atoms with Crippen molar-refractivity contribution in [2.75, 3.05) is 5.32 Å². The third-order valence-corrected chi connectivity index (χ3v) is 5.26. The molecule has 0 saturated carbocycles. The molecule has 1 N–H and O–H groups in total. The zero-order chi connectivity index (χ0) is 18.4. The van der Waals surface area contributed by atoms with E-state index in [-0.39, 0.29) is 16.7 Å². The van der Waals surface area contributed by atoms with Crippen LogP contribution in [0, 0.1) is 0 Å². The van der Waals surface area contributed by atoms with Crippen molar-refractivity contribution in [2.45, 2.75) is 44.4 Å². The number of carbonyl (C=O) groups excluding carboxylic acids is 1. The third-order valence-electron chi connectivity index (χ3n) is 4.01. The van der Waals surface area contributed by atoms with Gasteiger partial charge in [-0.2, -0.15) is 8.42 Å². The topological polar surface area (TPSA) is 72.5 Å². The molecular weight excluding hydrogens is 338 g/mol. The monoisotopic (exact) mass is 361 g/mol. The first-order valence-corrected chi connectivity index (χ1v) is 9.71. The molecule has 0 spiro atoms. The molecule has 0 bridgehead atoms. The highest BCUT2D eigenvalue weighted by molar-refractivity contribution is 7.87. The summed E-state index contributed by atoms with van der Waals surface area (Å²) >= 11 is 0. The molecule has 0 aromatic heterocycles. The lowest BCUT2D eigenvalue weighted by atomic mass is 9.98. The summed E-state index contributed by atoms with van der Waals surface area (Å²) in [6.07, 6.45) is 1.24. The molecule has 25 heavy (non-hydrogen) atoms. The van der Waals surface area contributed by atoms with E-state index in [0.29, 0.717) is 17.9 Å². The first-order valence-electron chi connectivity index (χ1n) is 8.30. The van der Waals surface area contributed by atoms with E-state index in [9.17, 15) is 13.2 Å². The molecular formula is C19H23NO4S. The van der Waals surface area contributed by atoms with E-state index in [4.69, 9.17) is 4.18 Å². The normalized spacial score (nSPS) is 12.4. The predicted molar refractivity (Wildman–Crippen MR) is 98.3 cm³/mol. The molecule has 2 rings (SSSR count). The van der Waals surface area contributed by atoms with Crippen molar-refractivity contribution in [3.05, 3.63) is 54.1 Å². The SMILES string of the molecule is CCC(=O)Nc1ccc(S(=O)(=O)Oc2ccccc2C(C)CC)cc1. The maximum absolute atomic E-state index is 12.5. The maximum atomic E-state index is 12.5. The Morgan fingerprint density at radius 2 is 1.72 bits per heavy atom. The Bertz CT molecular complexity index is 829. The minimum absolute atomic E-state index is 0.0425. The Morgan fingerprint density at radius 3 is 2.32 bits per heavy atom. The van der Waals surface area contributed by atoms with E-state index >= 15 is 0 Å². The minimum atomic E-state index is -3.94. The number of hydrogen-bond donors (Lipinski definition) is 1. The smallest absolute Gasteiger partial charge is 0.339 e. The Kier molecular flexibility index (Phi) is 6.20. The van der Waals surface area contributed by atoms with Crippen LogP contribution in [0.4, 0.5) is 5.69 Å². The van der Waals surface area contributed by atoms with Crippen LogP contribution < -0.4 is 9.50 Å². The van der Waals surface area contributed by atoms with Crippen LogP contribution in [0.2, 0.25) is 0 Å². The second kappa shape index (κ2) is 8.16. The van der Waals surface area contributed by atoms with Crippen LogP contribution in [0.5, 0.6) is 5.75 Å². The van der Waals surface area contributed by atoms with E-state index in [1.807, 2.05) is 26.0 Å². The number of nitrogens with one attached hydrogen (secondary N) is 1. The van der Waals surface area contributed by atoms with Crippen LogP contribution in [-0.4, -0.2) is 14.3 Å². The first kappa shape index (κ1) is 19.0. The molecule has 1 atom stereocenters. The van der Waals surface area contributed by atoms with Gasteiger partial charge in [-0.1, -0.05) is 39.0 Å². The Morgan fingerprint density at radius 1 is 1.08 bits per heavy atom. The van der Waals surface area contributed by atoms with Gasteiger partial charge in [-0.3, -0.25) is 4.79 Å². The molecule has 2 aromatic rings. The number of amides is 1. The molecule has 6 heteroatoms. The number of para-hydroxylation sites is 1. The van der Waals surface area contributed by atoms with Gasteiger partial charge >= 0.3 is 10.1 Å². The van der Waals surface area contributed by atoms with Gasteiger partial charge in [-0.05, 0) is 48.2 Å². The van der Waals surface area contributed by atoms with Crippen molar-refractivity contribution in [3.8, 4) is 5.75 Å². The van der Waals surface area contributed by atoms with Crippen molar-refractivity contribution in [2.24, 2.45) is 0 Å². The van der Waals surface area contributed by atoms with Crippen LogP contribution in [0.15, 0.2) is 53.4 Å². The summed E-state index contributed by atoms with van der Waals surface area (Å²) in [6.45, 7) is 5.82. The molecule has 0 aliphatic carbocycles.